The largest absolute Gasteiger partial charge is 0.471 e. The van der Waals surface area contributed by atoms with Crippen molar-refractivity contribution in [1.29, 1.82) is 0 Å². The van der Waals surface area contributed by atoms with Crippen LogP contribution in [-0.4, -0.2) is 36.9 Å². The molecule has 1 atom stereocenters. The van der Waals surface area contributed by atoms with Crippen LogP contribution in [0.5, 0.6) is 0 Å². The van der Waals surface area contributed by atoms with Gasteiger partial charge in [-0.1, -0.05) is 0 Å². The van der Waals surface area contributed by atoms with E-state index in [1.807, 2.05) is 5.32 Å². The number of halogens is 3. The molecule has 1 aliphatic carbocycles. The SMILES string of the molecule is CN(C)/C=C1/C(=O)c2sccc2[C@@H]1NC(=O)C(F)(F)F. The molecule has 0 saturated heterocycles. The number of rotatable bonds is 2. The first-order chi connectivity index (χ1) is 9.21. The van der Waals surface area contributed by atoms with Gasteiger partial charge in [0.1, 0.15) is 0 Å². The highest BCUT2D eigenvalue weighted by Crippen LogP contribution is 2.39. The van der Waals surface area contributed by atoms with Gasteiger partial charge in [-0.2, -0.15) is 13.2 Å². The van der Waals surface area contributed by atoms with E-state index >= 15 is 0 Å². The van der Waals surface area contributed by atoms with Crippen LogP contribution in [-0.2, 0) is 4.79 Å². The van der Waals surface area contributed by atoms with Crippen LogP contribution in [0.15, 0.2) is 23.2 Å². The van der Waals surface area contributed by atoms with Crippen LogP contribution in [0.2, 0.25) is 0 Å². The number of amides is 1. The third kappa shape index (κ3) is 2.55. The zero-order valence-corrected chi connectivity index (χ0v) is 11.4. The number of hydrogen-bond acceptors (Lipinski definition) is 4. The van der Waals surface area contributed by atoms with Crippen molar-refractivity contribution in [3.63, 3.8) is 0 Å². The molecule has 1 aliphatic rings. The summed E-state index contributed by atoms with van der Waals surface area (Å²) in [6, 6.07) is 0.496. The third-order valence-corrected chi connectivity index (χ3v) is 3.65. The van der Waals surface area contributed by atoms with Gasteiger partial charge in [-0.15, -0.1) is 11.3 Å². The molecule has 108 valence electrons. The number of fused-ring (bicyclic) bond motifs is 1. The fourth-order valence-corrected chi connectivity index (χ4v) is 2.84. The molecular formula is C12H11F3N2O2S. The van der Waals surface area contributed by atoms with E-state index in [0.29, 0.717) is 10.4 Å². The third-order valence-electron chi connectivity index (χ3n) is 2.72. The maximum atomic E-state index is 12.4. The van der Waals surface area contributed by atoms with Gasteiger partial charge in [-0.3, -0.25) is 9.59 Å². The van der Waals surface area contributed by atoms with Crippen LogP contribution >= 0.6 is 11.3 Å². The highest BCUT2D eigenvalue weighted by molar-refractivity contribution is 7.12. The van der Waals surface area contributed by atoms with Crippen molar-refractivity contribution in [2.75, 3.05) is 14.1 Å². The Morgan fingerprint density at radius 3 is 2.65 bits per heavy atom. The van der Waals surface area contributed by atoms with E-state index in [1.165, 1.54) is 6.20 Å². The van der Waals surface area contributed by atoms with E-state index in [1.54, 1.807) is 30.4 Å². The van der Waals surface area contributed by atoms with Crippen LogP contribution in [0.1, 0.15) is 21.3 Å². The summed E-state index contributed by atoms with van der Waals surface area (Å²) in [7, 11) is 3.30. The highest BCUT2D eigenvalue weighted by Gasteiger charge is 2.44. The fourth-order valence-electron chi connectivity index (χ4n) is 1.94. The maximum Gasteiger partial charge on any atom is 0.471 e. The summed E-state index contributed by atoms with van der Waals surface area (Å²) in [6.45, 7) is 0. The van der Waals surface area contributed by atoms with E-state index in [-0.39, 0.29) is 11.4 Å². The van der Waals surface area contributed by atoms with E-state index in [0.717, 1.165) is 11.3 Å². The predicted molar refractivity (Wildman–Crippen MR) is 67.4 cm³/mol. The molecule has 1 aromatic rings. The molecule has 0 aliphatic heterocycles. The second-order valence-electron chi connectivity index (χ2n) is 4.49. The monoisotopic (exact) mass is 304 g/mol. The minimum absolute atomic E-state index is 0.134. The summed E-state index contributed by atoms with van der Waals surface area (Å²) in [5, 5.41) is 3.49. The molecule has 1 heterocycles. The molecule has 0 saturated carbocycles. The number of alkyl halides is 3. The second kappa shape index (κ2) is 4.93. The minimum Gasteiger partial charge on any atom is -0.383 e. The van der Waals surface area contributed by atoms with Gasteiger partial charge in [0, 0.05) is 31.4 Å². The number of nitrogens with one attached hydrogen (secondary N) is 1. The minimum atomic E-state index is -4.98. The molecular weight excluding hydrogens is 293 g/mol. The average molecular weight is 304 g/mol. The van der Waals surface area contributed by atoms with Crippen LogP contribution in [0.3, 0.4) is 0 Å². The molecule has 0 fully saturated rings. The number of thiophene rings is 1. The zero-order valence-electron chi connectivity index (χ0n) is 10.6. The molecule has 20 heavy (non-hydrogen) atoms. The lowest BCUT2D eigenvalue weighted by molar-refractivity contribution is -0.174. The van der Waals surface area contributed by atoms with Gasteiger partial charge in [-0.25, -0.2) is 0 Å². The number of Topliss-reactive ketones (excluding diaryl/α,β-unsaturated/α-hetero) is 1. The molecule has 2 rings (SSSR count). The first kappa shape index (κ1) is 14.6. The molecule has 0 radical (unpaired) electrons. The van der Waals surface area contributed by atoms with Crippen LogP contribution in [0, 0.1) is 0 Å². The summed E-state index contributed by atoms with van der Waals surface area (Å²) >= 11 is 1.15. The van der Waals surface area contributed by atoms with Crippen molar-refractivity contribution in [2.45, 2.75) is 12.2 Å². The summed E-state index contributed by atoms with van der Waals surface area (Å²) in [5.41, 5.74) is 0.542. The Morgan fingerprint density at radius 2 is 2.10 bits per heavy atom. The van der Waals surface area contributed by atoms with Crippen molar-refractivity contribution < 1.29 is 22.8 Å². The molecule has 0 bridgehead atoms. The Hall–Kier alpha value is -1.83. The second-order valence-corrected chi connectivity index (χ2v) is 5.40. The lowest BCUT2D eigenvalue weighted by atomic mass is 10.1. The average Bonchev–Trinajstić information content (AvgIpc) is 2.86. The fraction of sp³-hybridized carbons (Fsp3) is 0.333. The summed E-state index contributed by atoms with van der Waals surface area (Å²) < 4.78 is 37.1. The maximum absolute atomic E-state index is 12.4. The van der Waals surface area contributed by atoms with E-state index in [9.17, 15) is 22.8 Å². The Kier molecular flexibility index (Phi) is 3.59. The van der Waals surface area contributed by atoms with Gasteiger partial charge in [-0.05, 0) is 11.4 Å². The Balaban J connectivity index is 2.38. The first-order valence-corrected chi connectivity index (χ1v) is 6.47. The smallest absolute Gasteiger partial charge is 0.383 e. The van der Waals surface area contributed by atoms with E-state index < -0.39 is 18.1 Å². The molecule has 0 unspecified atom stereocenters. The van der Waals surface area contributed by atoms with E-state index in [2.05, 4.69) is 0 Å². The normalized spacial score (nSPS) is 20.1. The number of hydrogen-bond donors (Lipinski definition) is 1. The van der Waals surface area contributed by atoms with Crippen LogP contribution in [0.4, 0.5) is 13.2 Å². The van der Waals surface area contributed by atoms with Crippen molar-refractivity contribution in [3.05, 3.63) is 33.7 Å². The lowest BCUT2D eigenvalue weighted by Crippen LogP contribution is -2.39. The topological polar surface area (TPSA) is 49.4 Å². The molecule has 1 N–H and O–H groups in total. The summed E-state index contributed by atoms with van der Waals surface area (Å²) in [6.07, 6.45) is -3.55. The van der Waals surface area contributed by atoms with Gasteiger partial charge in [0.25, 0.3) is 0 Å². The van der Waals surface area contributed by atoms with Crippen LogP contribution < -0.4 is 5.32 Å². The first-order valence-electron chi connectivity index (χ1n) is 5.59. The van der Waals surface area contributed by atoms with Gasteiger partial charge in [0.2, 0.25) is 5.78 Å². The Bertz CT molecular complexity index is 590. The van der Waals surface area contributed by atoms with Gasteiger partial charge in [0.05, 0.1) is 10.9 Å². The molecule has 0 spiro atoms. The van der Waals surface area contributed by atoms with Gasteiger partial charge >= 0.3 is 12.1 Å². The summed E-state index contributed by atoms with van der Waals surface area (Å²) in [4.78, 5) is 25.1. The zero-order chi connectivity index (χ0) is 15.1. The number of carbonyl (C=O) groups is 2. The van der Waals surface area contributed by atoms with Gasteiger partial charge < -0.3 is 10.2 Å². The van der Waals surface area contributed by atoms with E-state index in [4.69, 9.17) is 0 Å². The quantitative estimate of drug-likeness (QED) is 0.851. The van der Waals surface area contributed by atoms with Gasteiger partial charge in [0.15, 0.2) is 0 Å². The lowest BCUT2D eigenvalue weighted by Gasteiger charge is -2.17. The highest BCUT2D eigenvalue weighted by atomic mass is 32.1. The molecule has 8 heteroatoms. The van der Waals surface area contributed by atoms with Crippen molar-refractivity contribution in [3.8, 4) is 0 Å². The number of carbonyl (C=O) groups excluding carboxylic acids is 2. The predicted octanol–water partition coefficient (Wildman–Crippen LogP) is 2.11. The van der Waals surface area contributed by atoms with Crippen molar-refractivity contribution in [1.82, 2.24) is 10.2 Å². The van der Waals surface area contributed by atoms with Crippen LogP contribution in [0.25, 0.3) is 0 Å². The number of nitrogens with zero attached hydrogens (tertiary/aromatic N) is 1. The Morgan fingerprint density at radius 1 is 1.45 bits per heavy atom. The van der Waals surface area contributed by atoms with Crippen molar-refractivity contribution >= 4 is 23.0 Å². The number of ketones is 1. The molecule has 1 amide bonds. The molecule has 0 aromatic carbocycles. The summed E-state index contributed by atoms with van der Waals surface area (Å²) in [5.74, 6) is -2.41. The van der Waals surface area contributed by atoms with Crippen molar-refractivity contribution in [2.24, 2.45) is 0 Å². The molecule has 1 aromatic heterocycles. The standard InChI is InChI=1S/C12H11F3N2O2S/c1-17(2)5-7-8(16-11(19)12(13,14)15)6-3-4-20-10(6)9(7)18/h3-5,8H,1-2H3,(H,16,19)/b7-5+/t8-/m0/s1. The molecule has 4 nitrogen and oxygen atoms in total. The Labute approximate surface area is 116 Å².